The maximum atomic E-state index is 13.1. The van der Waals surface area contributed by atoms with Crippen molar-refractivity contribution in [3.8, 4) is 11.5 Å². The van der Waals surface area contributed by atoms with Gasteiger partial charge in [-0.2, -0.15) is 0 Å². The van der Waals surface area contributed by atoms with Gasteiger partial charge in [-0.15, -0.1) is 0 Å². The number of anilines is 1. The van der Waals surface area contributed by atoms with Crippen molar-refractivity contribution in [1.82, 2.24) is 14.8 Å². The average Bonchev–Trinajstić information content (AvgIpc) is 2.78. The number of hydrogen-bond donors (Lipinski definition) is 1. The molecule has 2 aromatic carbocycles. The number of ether oxygens (including phenoxy) is 1. The van der Waals surface area contributed by atoms with E-state index in [1.54, 1.807) is 29.3 Å². The Labute approximate surface area is 185 Å². The molecule has 0 radical (unpaired) electrons. The van der Waals surface area contributed by atoms with E-state index in [1.165, 1.54) is 18.3 Å². The molecule has 1 aliphatic rings. The van der Waals surface area contributed by atoms with Crippen molar-refractivity contribution in [2.24, 2.45) is 0 Å². The highest BCUT2D eigenvalue weighted by atomic mass is 35.5. The van der Waals surface area contributed by atoms with Crippen LogP contribution in [0, 0.1) is 5.82 Å². The van der Waals surface area contributed by atoms with E-state index < -0.39 is 0 Å². The summed E-state index contributed by atoms with van der Waals surface area (Å²) in [7, 11) is 0. The molecule has 0 bridgehead atoms. The van der Waals surface area contributed by atoms with Gasteiger partial charge in [-0.3, -0.25) is 9.88 Å². The molecular formula is C23H22ClFN4O2. The summed E-state index contributed by atoms with van der Waals surface area (Å²) in [6, 6.07) is 15.2. The molecule has 160 valence electrons. The molecule has 8 heteroatoms. The van der Waals surface area contributed by atoms with Crippen LogP contribution in [0.1, 0.15) is 5.56 Å². The second-order valence-electron chi connectivity index (χ2n) is 7.25. The zero-order chi connectivity index (χ0) is 21.6. The molecule has 1 N–H and O–H groups in total. The van der Waals surface area contributed by atoms with Crippen LogP contribution in [-0.4, -0.2) is 47.0 Å². The van der Waals surface area contributed by atoms with E-state index in [9.17, 15) is 9.18 Å². The van der Waals surface area contributed by atoms with Gasteiger partial charge >= 0.3 is 6.03 Å². The third-order valence-electron chi connectivity index (χ3n) is 5.02. The standard InChI is InChI=1S/C23H22ClFN4O2/c24-21-8-9-26-15-22(21)27-23(30)29-12-10-28(11-13-29)16-17-2-1-3-20(14-17)31-19-6-4-18(25)5-7-19/h1-9,14-15H,10-13,16H2,(H,27,30). The molecule has 0 aliphatic carbocycles. The van der Waals surface area contributed by atoms with Gasteiger partial charge in [-0.1, -0.05) is 23.7 Å². The molecule has 0 unspecified atom stereocenters. The number of urea groups is 1. The first-order valence-electron chi connectivity index (χ1n) is 9.97. The van der Waals surface area contributed by atoms with Gasteiger partial charge in [0.15, 0.2) is 0 Å². The molecule has 31 heavy (non-hydrogen) atoms. The van der Waals surface area contributed by atoms with Crippen molar-refractivity contribution < 1.29 is 13.9 Å². The van der Waals surface area contributed by atoms with Gasteiger partial charge in [0.2, 0.25) is 0 Å². The fraction of sp³-hybridized carbons (Fsp3) is 0.217. The number of halogens is 2. The molecule has 1 saturated heterocycles. The first-order valence-corrected chi connectivity index (χ1v) is 10.3. The fourth-order valence-electron chi connectivity index (χ4n) is 3.38. The third-order valence-corrected chi connectivity index (χ3v) is 5.35. The quantitative estimate of drug-likeness (QED) is 0.605. The first kappa shape index (κ1) is 21.1. The number of benzene rings is 2. The summed E-state index contributed by atoms with van der Waals surface area (Å²) in [6.07, 6.45) is 3.12. The Kier molecular flexibility index (Phi) is 6.64. The van der Waals surface area contributed by atoms with Gasteiger partial charge in [-0.05, 0) is 48.0 Å². The first-order chi connectivity index (χ1) is 15.1. The van der Waals surface area contributed by atoms with Gasteiger partial charge in [-0.25, -0.2) is 9.18 Å². The molecule has 2 heterocycles. The number of rotatable bonds is 5. The van der Waals surface area contributed by atoms with Crippen LogP contribution < -0.4 is 10.1 Å². The second kappa shape index (κ2) is 9.76. The summed E-state index contributed by atoms with van der Waals surface area (Å²) in [5, 5.41) is 3.28. The molecular weight excluding hydrogens is 419 g/mol. The minimum atomic E-state index is -0.294. The third kappa shape index (κ3) is 5.71. The summed E-state index contributed by atoms with van der Waals surface area (Å²) in [4.78, 5) is 20.5. The smallest absolute Gasteiger partial charge is 0.322 e. The highest BCUT2D eigenvalue weighted by Gasteiger charge is 2.21. The second-order valence-corrected chi connectivity index (χ2v) is 7.66. The number of carbonyl (C=O) groups excluding carboxylic acids is 1. The van der Waals surface area contributed by atoms with Gasteiger partial charge in [0.25, 0.3) is 0 Å². The van der Waals surface area contributed by atoms with E-state index in [2.05, 4.69) is 15.2 Å². The molecule has 0 saturated carbocycles. The maximum absolute atomic E-state index is 13.1. The lowest BCUT2D eigenvalue weighted by Gasteiger charge is -2.34. The van der Waals surface area contributed by atoms with Crippen LogP contribution >= 0.6 is 11.6 Å². The number of piperazine rings is 1. The van der Waals surface area contributed by atoms with Crippen LogP contribution in [-0.2, 0) is 6.54 Å². The van der Waals surface area contributed by atoms with Crippen molar-refractivity contribution in [2.75, 3.05) is 31.5 Å². The SMILES string of the molecule is O=C(Nc1cnccc1Cl)N1CCN(Cc2cccc(Oc3ccc(F)cc3)c2)CC1. The molecule has 1 fully saturated rings. The van der Waals surface area contributed by atoms with Crippen LogP contribution in [0.3, 0.4) is 0 Å². The summed E-state index contributed by atoms with van der Waals surface area (Å²) in [5.41, 5.74) is 1.62. The highest BCUT2D eigenvalue weighted by molar-refractivity contribution is 6.33. The molecule has 3 aromatic rings. The Morgan fingerprint density at radius 2 is 1.84 bits per heavy atom. The molecule has 6 nitrogen and oxygen atoms in total. The van der Waals surface area contributed by atoms with Crippen LogP contribution in [0.25, 0.3) is 0 Å². The monoisotopic (exact) mass is 440 g/mol. The van der Waals surface area contributed by atoms with Crippen molar-refractivity contribution in [2.45, 2.75) is 6.54 Å². The summed E-state index contributed by atoms with van der Waals surface area (Å²) >= 11 is 6.08. The fourth-order valence-corrected chi connectivity index (χ4v) is 3.53. The van der Waals surface area contributed by atoms with Crippen molar-refractivity contribution in [3.05, 3.63) is 83.4 Å². The van der Waals surface area contributed by atoms with E-state index in [0.29, 0.717) is 35.3 Å². The van der Waals surface area contributed by atoms with E-state index in [-0.39, 0.29) is 11.8 Å². The van der Waals surface area contributed by atoms with Crippen molar-refractivity contribution in [3.63, 3.8) is 0 Å². The number of amides is 2. The Hall–Kier alpha value is -3.16. The molecule has 0 atom stereocenters. The summed E-state index contributed by atoms with van der Waals surface area (Å²) < 4.78 is 18.9. The predicted octanol–water partition coefficient (Wildman–Crippen LogP) is 5.02. The zero-order valence-corrected chi connectivity index (χ0v) is 17.6. The molecule has 2 amide bonds. The Balaban J connectivity index is 1.29. The molecule has 0 spiro atoms. The van der Waals surface area contributed by atoms with E-state index >= 15 is 0 Å². The molecule has 1 aromatic heterocycles. The van der Waals surface area contributed by atoms with E-state index in [0.717, 1.165) is 25.2 Å². The summed E-state index contributed by atoms with van der Waals surface area (Å²) in [5.74, 6) is 1.000. The zero-order valence-electron chi connectivity index (χ0n) is 16.8. The van der Waals surface area contributed by atoms with Crippen LogP contribution in [0.4, 0.5) is 14.9 Å². The number of nitrogens with one attached hydrogen (secondary N) is 1. The number of carbonyl (C=O) groups is 1. The Morgan fingerprint density at radius 1 is 1.06 bits per heavy atom. The lowest BCUT2D eigenvalue weighted by Crippen LogP contribution is -2.49. The Morgan fingerprint density at radius 3 is 2.58 bits per heavy atom. The topological polar surface area (TPSA) is 57.7 Å². The van der Waals surface area contributed by atoms with Gasteiger partial charge < -0.3 is 15.0 Å². The average molecular weight is 441 g/mol. The summed E-state index contributed by atoms with van der Waals surface area (Å²) in [6.45, 7) is 3.52. The van der Waals surface area contributed by atoms with Crippen LogP contribution in [0.15, 0.2) is 67.0 Å². The van der Waals surface area contributed by atoms with Gasteiger partial charge in [0.05, 0.1) is 16.9 Å². The molecule has 4 rings (SSSR count). The number of aromatic nitrogens is 1. The minimum Gasteiger partial charge on any atom is -0.457 e. The van der Waals surface area contributed by atoms with Gasteiger partial charge in [0.1, 0.15) is 17.3 Å². The normalized spacial score (nSPS) is 14.3. The highest BCUT2D eigenvalue weighted by Crippen LogP contribution is 2.23. The molecule has 1 aliphatic heterocycles. The number of hydrogen-bond acceptors (Lipinski definition) is 4. The predicted molar refractivity (Wildman–Crippen MR) is 118 cm³/mol. The van der Waals surface area contributed by atoms with Gasteiger partial charge in [0, 0.05) is 38.9 Å². The minimum absolute atomic E-state index is 0.177. The van der Waals surface area contributed by atoms with Crippen LogP contribution in [0.5, 0.6) is 11.5 Å². The number of nitrogens with zero attached hydrogens (tertiary/aromatic N) is 3. The lowest BCUT2D eigenvalue weighted by molar-refractivity contribution is 0.143. The Bertz CT molecular complexity index is 1040. The van der Waals surface area contributed by atoms with Crippen molar-refractivity contribution >= 4 is 23.3 Å². The van der Waals surface area contributed by atoms with E-state index in [1.807, 2.05) is 24.3 Å². The lowest BCUT2D eigenvalue weighted by atomic mass is 10.2. The number of pyridine rings is 1. The van der Waals surface area contributed by atoms with Crippen LogP contribution in [0.2, 0.25) is 5.02 Å². The maximum Gasteiger partial charge on any atom is 0.322 e. The van der Waals surface area contributed by atoms with E-state index in [4.69, 9.17) is 16.3 Å². The largest absolute Gasteiger partial charge is 0.457 e. The van der Waals surface area contributed by atoms with Crippen molar-refractivity contribution in [1.29, 1.82) is 0 Å².